The van der Waals surface area contributed by atoms with E-state index >= 15 is 0 Å². The first kappa shape index (κ1) is 15.8. The number of nitrogens with one attached hydrogen (secondary N) is 1. The van der Waals surface area contributed by atoms with Gasteiger partial charge in [0, 0.05) is 34.6 Å². The van der Waals surface area contributed by atoms with Crippen LogP contribution in [0.2, 0.25) is 0 Å². The van der Waals surface area contributed by atoms with E-state index in [1.807, 2.05) is 24.3 Å². The Labute approximate surface area is 125 Å². The van der Waals surface area contributed by atoms with Crippen LogP contribution < -0.4 is 5.32 Å². The van der Waals surface area contributed by atoms with E-state index in [9.17, 15) is 13.0 Å². The van der Waals surface area contributed by atoms with Crippen molar-refractivity contribution in [2.75, 3.05) is 12.8 Å². The van der Waals surface area contributed by atoms with Gasteiger partial charge in [-0.2, -0.15) is 0 Å². The Bertz CT molecular complexity index is 629. The van der Waals surface area contributed by atoms with Crippen molar-refractivity contribution in [1.29, 1.82) is 0 Å². The van der Waals surface area contributed by atoms with Crippen molar-refractivity contribution in [2.45, 2.75) is 17.9 Å². The minimum Gasteiger partial charge on any atom is -0.312 e. The second-order valence-corrected chi connectivity index (χ2v) is 6.14. The van der Waals surface area contributed by atoms with Gasteiger partial charge in [0.25, 0.3) is 0 Å². The topological polar surface area (TPSA) is 29.1 Å². The molecule has 0 heterocycles. The minimum atomic E-state index is -0.967. The summed E-state index contributed by atoms with van der Waals surface area (Å²) in [5.41, 5.74) is 1.57. The molecule has 0 bridgehead atoms. The summed E-state index contributed by atoms with van der Waals surface area (Å²) >= 11 is 0. The van der Waals surface area contributed by atoms with Gasteiger partial charge < -0.3 is 5.32 Å². The van der Waals surface area contributed by atoms with E-state index in [0.717, 1.165) is 16.5 Å². The van der Waals surface area contributed by atoms with Gasteiger partial charge >= 0.3 is 0 Å². The fraction of sp³-hybridized carbons (Fsp3) is 0.250. The summed E-state index contributed by atoms with van der Waals surface area (Å²) in [5.74, 6) is -1.07. The molecule has 0 radical (unpaired) electrons. The standard InChI is InChI=1S/C16H17F2NOS/c1-21(20)15-6-2-12(3-7-15)11-19-9-8-13-4-5-14(17)10-16(13)18/h2-7,10,19H,8-9,11H2,1H3/t21-/m1/s1. The van der Waals surface area contributed by atoms with Crippen LogP contribution in [0.1, 0.15) is 11.1 Å². The van der Waals surface area contributed by atoms with Crippen molar-refractivity contribution in [3.8, 4) is 0 Å². The smallest absolute Gasteiger partial charge is 0.129 e. The molecular weight excluding hydrogens is 292 g/mol. The van der Waals surface area contributed by atoms with Crippen molar-refractivity contribution in [2.24, 2.45) is 0 Å². The molecule has 0 spiro atoms. The molecule has 0 unspecified atom stereocenters. The second-order valence-electron chi connectivity index (χ2n) is 4.76. The lowest BCUT2D eigenvalue weighted by atomic mass is 10.1. The van der Waals surface area contributed by atoms with Gasteiger partial charge in [-0.15, -0.1) is 0 Å². The molecule has 0 aliphatic rings. The largest absolute Gasteiger partial charge is 0.312 e. The molecule has 0 amide bonds. The monoisotopic (exact) mass is 309 g/mol. The average Bonchev–Trinajstić information content (AvgIpc) is 2.46. The third-order valence-electron chi connectivity index (χ3n) is 3.17. The molecule has 0 saturated carbocycles. The first-order valence-electron chi connectivity index (χ1n) is 6.63. The Kier molecular flexibility index (Phi) is 5.59. The molecule has 2 aromatic rings. The maximum Gasteiger partial charge on any atom is 0.129 e. The zero-order valence-corrected chi connectivity index (χ0v) is 12.6. The van der Waals surface area contributed by atoms with Gasteiger partial charge in [-0.05, 0) is 42.3 Å². The summed E-state index contributed by atoms with van der Waals surface area (Å²) in [6.07, 6.45) is 2.15. The molecular formula is C16H17F2NOS. The van der Waals surface area contributed by atoms with Crippen LogP contribution in [0, 0.1) is 11.6 Å². The van der Waals surface area contributed by atoms with E-state index in [1.54, 1.807) is 6.26 Å². The Balaban J connectivity index is 1.80. The van der Waals surface area contributed by atoms with Crippen molar-refractivity contribution >= 4 is 10.8 Å². The molecule has 112 valence electrons. The highest BCUT2D eigenvalue weighted by atomic mass is 32.2. The third kappa shape index (κ3) is 4.72. The summed E-state index contributed by atoms with van der Waals surface area (Å²) in [6, 6.07) is 11.2. The lowest BCUT2D eigenvalue weighted by molar-refractivity contribution is 0.566. The lowest BCUT2D eigenvalue weighted by Gasteiger charge is -2.07. The minimum absolute atomic E-state index is 0.501. The molecule has 2 rings (SSSR count). The predicted molar refractivity (Wildman–Crippen MR) is 80.5 cm³/mol. The van der Waals surface area contributed by atoms with Crippen LogP contribution in [-0.4, -0.2) is 17.0 Å². The van der Waals surface area contributed by atoms with Crippen molar-refractivity contribution < 1.29 is 13.0 Å². The highest BCUT2D eigenvalue weighted by Gasteiger charge is 2.03. The van der Waals surface area contributed by atoms with Gasteiger partial charge in [0.2, 0.25) is 0 Å². The first-order chi connectivity index (χ1) is 10.1. The van der Waals surface area contributed by atoms with Crippen molar-refractivity contribution in [3.05, 3.63) is 65.2 Å². The third-order valence-corrected chi connectivity index (χ3v) is 4.11. The molecule has 21 heavy (non-hydrogen) atoms. The number of hydrogen-bond donors (Lipinski definition) is 1. The van der Waals surface area contributed by atoms with Gasteiger partial charge in [0.1, 0.15) is 11.6 Å². The Hall–Kier alpha value is -1.59. The molecule has 0 fully saturated rings. The normalized spacial score (nSPS) is 12.3. The van der Waals surface area contributed by atoms with Crippen molar-refractivity contribution in [1.82, 2.24) is 5.32 Å². The lowest BCUT2D eigenvalue weighted by Crippen LogP contribution is -2.17. The highest BCUT2D eigenvalue weighted by molar-refractivity contribution is 7.84. The molecule has 0 aliphatic heterocycles. The summed E-state index contributed by atoms with van der Waals surface area (Å²) in [4.78, 5) is 0.798. The molecule has 0 saturated heterocycles. The van der Waals surface area contributed by atoms with Crippen LogP contribution in [-0.2, 0) is 23.8 Å². The van der Waals surface area contributed by atoms with E-state index in [2.05, 4.69) is 5.32 Å². The molecule has 2 aromatic carbocycles. The molecule has 0 aliphatic carbocycles. The quantitative estimate of drug-likeness (QED) is 0.831. The molecule has 0 aromatic heterocycles. The van der Waals surface area contributed by atoms with E-state index < -0.39 is 22.4 Å². The van der Waals surface area contributed by atoms with Gasteiger partial charge in [0.15, 0.2) is 0 Å². The summed E-state index contributed by atoms with van der Waals surface area (Å²) in [6.45, 7) is 1.25. The SMILES string of the molecule is C[S@@](=O)c1ccc(CNCCc2ccc(F)cc2F)cc1. The zero-order chi connectivity index (χ0) is 15.2. The summed E-state index contributed by atoms with van der Waals surface area (Å²) in [7, 11) is -0.967. The van der Waals surface area contributed by atoms with Crippen LogP contribution >= 0.6 is 0 Å². The maximum atomic E-state index is 13.4. The number of hydrogen-bond acceptors (Lipinski definition) is 2. The van der Waals surface area contributed by atoms with Gasteiger partial charge in [-0.1, -0.05) is 18.2 Å². The fourth-order valence-electron chi connectivity index (χ4n) is 1.98. The number of halogens is 2. The van der Waals surface area contributed by atoms with Crippen LogP contribution in [0.25, 0.3) is 0 Å². The maximum absolute atomic E-state index is 13.4. The Morgan fingerprint density at radius 1 is 1.10 bits per heavy atom. The number of benzene rings is 2. The van der Waals surface area contributed by atoms with E-state index in [1.165, 1.54) is 12.1 Å². The second kappa shape index (κ2) is 7.43. The van der Waals surface area contributed by atoms with Crippen LogP contribution in [0.4, 0.5) is 8.78 Å². The molecule has 1 atom stereocenters. The summed E-state index contributed by atoms with van der Waals surface area (Å²) < 4.78 is 37.5. The Morgan fingerprint density at radius 2 is 1.81 bits per heavy atom. The molecule has 1 N–H and O–H groups in total. The van der Waals surface area contributed by atoms with Gasteiger partial charge in [-0.3, -0.25) is 4.21 Å². The molecule has 2 nitrogen and oxygen atoms in total. The van der Waals surface area contributed by atoms with E-state index in [4.69, 9.17) is 0 Å². The van der Waals surface area contributed by atoms with Crippen LogP contribution in [0.15, 0.2) is 47.4 Å². The van der Waals surface area contributed by atoms with E-state index in [-0.39, 0.29) is 0 Å². The highest BCUT2D eigenvalue weighted by Crippen LogP contribution is 2.10. The first-order valence-corrected chi connectivity index (χ1v) is 8.19. The van der Waals surface area contributed by atoms with Crippen molar-refractivity contribution in [3.63, 3.8) is 0 Å². The summed E-state index contributed by atoms with van der Waals surface area (Å²) in [5, 5.41) is 3.20. The van der Waals surface area contributed by atoms with Gasteiger partial charge in [0.05, 0.1) is 0 Å². The Morgan fingerprint density at radius 3 is 2.43 bits per heavy atom. The number of rotatable bonds is 6. The van der Waals surface area contributed by atoms with Gasteiger partial charge in [-0.25, -0.2) is 8.78 Å². The van der Waals surface area contributed by atoms with E-state index in [0.29, 0.717) is 25.1 Å². The van der Waals surface area contributed by atoms with Crippen LogP contribution in [0.5, 0.6) is 0 Å². The fourth-order valence-corrected chi connectivity index (χ4v) is 2.50. The van der Waals surface area contributed by atoms with Crippen LogP contribution in [0.3, 0.4) is 0 Å². The zero-order valence-electron chi connectivity index (χ0n) is 11.7. The predicted octanol–water partition coefficient (Wildman–Crippen LogP) is 3.03. The molecule has 5 heteroatoms. The average molecular weight is 309 g/mol.